The zero-order valence-corrected chi connectivity index (χ0v) is 28.7. The van der Waals surface area contributed by atoms with E-state index in [9.17, 15) is 24.3 Å². The third kappa shape index (κ3) is 6.96. The molecule has 4 rings (SSSR count). The molecule has 8 atom stereocenters. The van der Waals surface area contributed by atoms with Gasteiger partial charge in [0.1, 0.15) is 18.2 Å². The number of halogens is 1. The molecule has 2 N–H and O–H groups in total. The number of hydrogen-bond acceptors (Lipinski definition) is 7. The van der Waals surface area contributed by atoms with Gasteiger partial charge >= 0.3 is 5.97 Å². The fourth-order valence-corrected chi connectivity index (χ4v) is 8.18. The minimum Gasteiger partial charge on any atom is -0.463 e. The molecule has 3 heterocycles. The fraction of sp³-hybridized carbons (Fsp3) is 0.600. The van der Waals surface area contributed by atoms with Crippen LogP contribution in [0.2, 0.25) is 0 Å². The molecule has 11 heteroatoms. The number of carbonyl (C=O) groups is 4. The van der Waals surface area contributed by atoms with E-state index in [0.29, 0.717) is 25.9 Å². The number of carbonyl (C=O) groups excluding carboxylic acids is 4. The summed E-state index contributed by atoms with van der Waals surface area (Å²) in [5.41, 5.74) is -0.521. The Balaban J connectivity index is 1.70. The van der Waals surface area contributed by atoms with Crippen LogP contribution in [0.15, 0.2) is 55.6 Å². The smallest absolute Gasteiger partial charge is 0.306 e. The lowest BCUT2D eigenvalue weighted by Crippen LogP contribution is -2.60. The van der Waals surface area contributed by atoms with Crippen molar-refractivity contribution in [3.05, 3.63) is 61.2 Å². The highest BCUT2D eigenvalue weighted by atomic mass is 79.9. The molecule has 3 aliphatic heterocycles. The van der Waals surface area contributed by atoms with Crippen molar-refractivity contribution in [3.63, 3.8) is 0 Å². The summed E-state index contributed by atoms with van der Waals surface area (Å²) in [6.07, 6.45) is 5.32. The van der Waals surface area contributed by atoms with Gasteiger partial charge in [-0.2, -0.15) is 0 Å². The molecule has 1 aromatic rings. The van der Waals surface area contributed by atoms with Crippen molar-refractivity contribution < 1.29 is 33.8 Å². The molecule has 252 valence electrons. The van der Waals surface area contributed by atoms with Crippen molar-refractivity contribution in [3.8, 4) is 0 Å². The third-order valence-electron chi connectivity index (χ3n) is 9.50. The maximum atomic E-state index is 14.5. The van der Waals surface area contributed by atoms with Gasteiger partial charge in [0, 0.05) is 24.3 Å². The van der Waals surface area contributed by atoms with Gasteiger partial charge in [0.2, 0.25) is 17.7 Å². The van der Waals surface area contributed by atoms with Crippen molar-refractivity contribution >= 4 is 39.6 Å². The SMILES string of the molecule is C=CCCC(=O)OC[C@@H](NC(=O)[C@H]1[C@@H]2O[C@@]3(CC2Br)[C@@H]1C(=O)N([C@@H](CO)C(C)C)[C@@H]3C(=O)N(CC=C)CCCC)c1ccccc1. The number of unbranched alkanes of at least 4 members (excludes halogenated alkanes) is 1. The minimum absolute atomic E-state index is 0.0907. The number of allylic oxidation sites excluding steroid dienone is 1. The molecule has 46 heavy (non-hydrogen) atoms. The Hall–Kier alpha value is -3.02. The van der Waals surface area contributed by atoms with Crippen molar-refractivity contribution in [2.24, 2.45) is 17.8 Å². The zero-order chi connectivity index (χ0) is 33.6. The quantitative estimate of drug-likeness (QED) is 0.143. The monoisotopic (exact) mass is 701 g/mol. The third-order valence-corrected chi connectivity index (χ3v) is 10.3. The van der Waals surface area contributed by atoms with Crippen LogP contribution in [0.1, 0.15) is 64.5 Å². The summed E-state index contributed by atoms with van der Waals surface area (Å²) in [6.45, 7) is 13.7. The Labute approximate surface area is 280 Å². The van der Waals surface area contributed by atoms with Gasteiger partial charge in [0.15, 0.2) is 0 Å². The van der Waals surface area contributed by atoms with Crippen LogP contribution in [0.3, 0.4) is 0 Å². The van der Waals surface area contributed by atoms with Crippen molar-refractivity contribution in [2.45, 2.75) is 87.5 Å². The van der Waals surface area contributed by atoms with Crippen LogP contribution in [0.5, 0.6) is 0 Å². The first kappa shape index (κ1) is 35.8. The van der Waals surface area contributed by atoms with Gasteiger partial charge in [0.05, 0.1) is 36.6 Å². The molecule has 2 bridgehead atoms. The molecule has 0 aliphatic carbocycles. The second-order valence-corrected chi connectivity index (χ2v) is 14.0. The molecule has 3 saturated heterocycles. The predicted molar refractivity (Wildman–Crippen MR) is 178 cm³/mol. The molecule has 3 aliphatic rings. The molecular formula is C35H48BrN3O7. The Morgan fingerprint density at radius 3 is 2.57 bits per heavy atom. The van der Waals surface area contributed by atoms with E-state index in [2.05, 4.69) is 34.4 Å². The molecule has 0 saturated carbocycles. The number of likely N-dealkylation sites (tertiary alicyclic amines) is 1. The van der Waals surface area contributed by atoms with Gasteiger partial charge in [-0.25, -0.2) is 0 Å². The normalized spacial score (nSPS) is 27.7. The summed E-state index contributed by atoms with van der Waals surface area (Å²) < 4.78 is 12.2. The molecule has 3 fully saturated rings. The van der Waals surface area contributed by atoms with Gasteiger partial charge < -0.3 is 29.7 Å². The number of ether oxygens (including phenoxy) is 2. The van der Waals surface area contributed by atoms with Gasteiger partial charge in [-0.15, -0.1) is 13.2 Å². The lowest BCUT2D eigenvalue weighted by atomic mass is 9.70. The number of benzene rings is 1. The number of esters is 1. The lowest BCUT2D eigenvalue weighted by molar-refractivity contribution is -0.152. The number of fused-ring (bicyclic) bond motifs is 1. The number of nitrogens with zero attached hydrogens (tertiary/aromatic N) is 2. The minimum atomic E-state index is -1.26. The molecule has 0 aromatic heterocycles. The molecule has 0 radical (unpaired) electrons. The standard InChI is InChI=1S/C35H48BrN3O7/c1-6-9-16-27(41)45-21-25(23-14-12-11-13-15-23)37-32(42)28-29-33(43)39(26(20-40)22(4)5)31(35(29)19-24(36)30(28)46-35)34(44)38(17-8-3)18-10-7-2/h6,8,11-15,22,24-26,28-31,40H,1,3,7,9-10,16-21H2,2,4-5H3,(H,37,42)/t24?,25-,26+,28-,29+,30-,31-,35+/m1/s1. The van der Waals surface area contributed by atoms with Gasteiger partial charge in [-0.3, -0.25) is 19.2 Å². The zero-order valence-electron chi connectivity index (χ0n) is 27.1. The van der Waals surface area contributed by atoms with Crippen LogP contribution >= 0.6 is 15.9 Å². The van der Waals surface area contributed by atoms with E-state index in [4.69, 9.17) is 9.47 Å². The number of aliphatic hydroxyl groups excluding tert-OH is 1. The predicted octanol–water partition coefficient (Wildman–Crippen LogP) is 3.93. The summed E-state index contributed by atoms with van der Waals surface area (Å²) in [5.74, 6) is -3.47. The Bertz CT molecular complexity index is 1280. The van der Waals surface area contributed by atoms with E-state index in [-0.39, 0.29) is 42.2 Å². The topological polar surface area (TPSA) is 125 Å². The largest absolute Gasteiger partial charge is 0.463 e. The van der Waals surface area contributed by atoms with Crippen molar-refractivity contribution in [1.29, 1.82) is 0 Å². The van der Waals surface area contributed by atoms with Gasteiger partial charge in [-0.05, 0) is 30.7 Å². The van der Waals surface area contributed by atoms with Crippen LogP contribution < -0.4 is 5.32 Å². The molecular weight excluding hydrogens is 654 g/mol. The number of hydrogen-bond donors (Lipinski definition) is 2. The molecule has 1 spiro atoms. The van der Waals surface area contributed by atoms with E-state index in [1.54, 1.807) is 17.1 Å². The highest BCUT2D eigenvalue weighted by molar-refractivity contribution is 9.09. The van der Waals surface area contributed by atoms with Crippen LogP contribution in [-0.2, 0) is 28.7 Å². The summed E-state index contributed by atoms with van der Waals surface area (Å²) >= 11 is 3.73. The van der Waals surface area contributed by atoms with Crippen LogP contribution in [0.4, 0.5) is 0 Å². The highest BCUT2D eigenvalue weighted by Crippen LogP contribution is 2.60. The summed E-state index contributed by atoms with van der Waals surface area (Å²) in [6, 6.07) is 6.86. The molecule has 3 amide bonds. The average molecular weight is 703 g/mol. The van der Waals surface area contributed by atoms with E-state index < -0.39 is 53.5 Å². The number of rotatable bonds is 17. The first-order valence-electron chi connectivity index (χ1n) is 16.3. The van der Waals surface area contributed by atoms with Gasteiger partial charge in [-0.1, -0.05) is 85.6 Å². The first-order chi connectivity index (χ1) is 22.1. The molecule has 1 unspecified atom stereocenters. The second-order valence-electron chi connectivity index (χ2n) is 12.8. The van der Waals surface area contributed by atoms with E-state index in [1.165, 1.54) is 4.90 Å². The summed E-state index contributed by atoms with van der Waals surface area (Å²) in [4.78, 5) is 58.6. The summed E-state index contributed by atoms with van der Waals surface area (Å²) in [7, 11) is 0. The Kier molecular flexibility index (Phi) is 12.2. The average Bonchev–Trinajstić information content (AvgIpc) is 3.63. The number of nitrogens with one attached hydrogen (secondary N) is 1. The van der Waals surface area contributed by atoms with Crippen LogP contribution in [-0.4, -0.2) is 93.5 Å². The van der Waals surface area contributed by atoms with Crippen LogP contribution in [0.25, 0.3) is 0 Å². The molecule has 1 aromatic carbocycles. The van der Waals surface area contributed by atoms with Crippen LogP contribution in [0, 0.1) is 17.8 Å². The van der Waals surface area contributed by atoms with Crippen molar-refractivity contribution in [1.82, 2.24) is 15.1 Å². The fourth-order valence-electron chi connectivity index (χ4n) is 7.24. The maximum Gasteiger partial charge on any atom is 0.306 e. The summed E-state index contributed by atoms with van der Waals surface area (Å²) in [5, 5.41) is 13.6. The van der Waals surface area contributed by atoms with E-state index in [1.807, 2.05) is 51.1 Å². The maximum absolute atomic E-state index is 14.5. The number of aliphatic hydroxyl groups is 1. The lowest BCUT2D eigenvalue weighted by Gasteiger charge is -2.40. The van der Waals surface area contributed by atoms with Gasteiger partial charge in [0.25, 0.3) is 0 Å². The molecule has 10 nitrogen and oxygen atoms in total. The van der Waals surface area contributed by atoms with Crippen molar-refractivity contribution in [2.75, 3.05) is 26.3 Å². The highest BCUT2D eigenvalue weighted by Gasteiger charge is 2.77. The first-order valence-corrected chi connectivity index (χ1v) is 17.2. The number of amides is 3. The van der Waals surface area contributed by atoms with E-state index in [0.717, 1.165) is 18.4 Å². The Morgan fingerprint density at radius 2 is 1.96 bits per heavy atom. The second kappa shape index (κ2) is 15.7. The van der Waals surface area contributed by atoms with E-state index >= 15 is 0 Å². The Morgan fingerprint density at radius 1 is 1.24 bits per heavy atom. The number of alkyl halides is 1.